The Hall–Kier alpha value is -1.42. The van der Waals surface area contributed by atoms with E-state index >= 15 is 0 Å². The molecule has 1 aromatic carbocycles. The molecule has 0 heterocycles. The van der Waals surface area contributed by atoms with Crippen molar-refractivity contribution in [1.82, 2.24) is 0 Å². The minimum absolute atomic E-state index is 0.559. The van der Waals surface area contributed by atoms with Crippen molar-refractivity contribution in [2.24, 2.45) is 0 Å². The van der Waals surface area contributed by atoms with Crippen LogP contribution < -0.4 is 15.8 Å². The predicted octanol–water partition coefficient (Wildman–Crippen LogP) is 2.38. The first-order valence-corrected chi connectivity index (χ1v) is 6.53. The van der Waals surface area contributed by atoms with Gasteiger partial charge in [0.1, 0.15) is 5.75 Å². The molecule has 4 heteroatoms. The van der Waals surface area contributed by atoms with E-state index < -0.39 is 5.60 Å². The zero-order chi connectivity index (χ0) is 13.0. The van der Waals surface area contributed by atoms with Crippen molar-refractivity contribution >= 4 is 11.4 Å². The molecule has 4 nitrogen and oxygen atoms in total. The molecule has 0 radical (unpaired) electrons. The van der Waals surface area contributed by atoms with Crippen LogP contribution in [0.15, 0.2) is 18.2 Å². The summed E-state index contributed by atoms with van der Waals surface area (Å²) in [4.78, 5) is 0. The number of nitrogen functional groups attached to an aromatic ring is 1. The van der Waals surface area contributed by atoms with Crippen LogP contribution in [0.3, 0.4) is 0 Å². The summed E-state index contributed by atoms with van der Waals surface area (Å²) in [6.45, 7) is 0.559. The zero-order valence-electron chi connectivity index (χ0n) is 10.9. The minimum Gasteiger partial charge on any atom is -0.497 e. The molecule has 0 aromatic heterocycles. The first-order valence-electron chi connectivity index (χ1n) is 6.53. The number of nitrogens with two attached hydrogens (primary N) is 1. The van der Waals surface area contributed by atoms with Gasteiger partial charge in [0.05, 0.1) is 24.1 Å². The Labute approximate surface area is 108 Å². The summed E-state index contributed by atoms with van der Waals surface area (Å²) in [5.74, 6) is 0.745. The summed E-state index contributed by atoms with van der Waals surface area (Å²) in [6, 6.07) is 5.54. The Morgan fingerprint density at radius 3 is 2.67 bits per heavy atom. The Balaban J connectivity index is 1.97. The fraction of sp³-hybridized carbons (Fsp3) is 0.571. The van der Waals surface area contributed by atoms with Gasteiger partial charge in [-0.15, -0.1) is 0 Å². The average Bonchev–Trinajstić information content (AvgIpc) is 2.38. The van der Waals surface area contributed by atoms with E-state index in [1.165, 1.54) is 6.42 Å². The van der Waals surface area contributed by atoms with Crippen LogP contribution >= 0.6 is 0 Å². The van der Waals surface area contributed by atoms with E-state index in [0.717, 1.165) is 37.1 Å². The van der Waals surface area contributed by atoms with Gasteiger partial charge in [0.25, 0.3) is 0 Å². The second kappa shape index (κ2) is 5.48. The molecular formula is C14H22N2O2. The molecule has 0 atom stereocenters. The minimum atomic E-state index is -0.579. The molecule has 1 aromatic rings. The Bertz CT molecular complexity index is 401. The second-order valence-corrected chi connectivity index (χ2v) is 5.09. The fourth-order valence-corrected chi connectivity index (χ4v) is 2.48. The number of aliphatic hydroxyl groups is 1. The molecule has 0 spiro atoms. The van der Waals surface area contributed by atoms with Crippen LogP contribution in [0.5, 0.6) is 5.75 Å². The van der Waals surface area contributed by atoms with E-state index in [9.17, 15) is 5.11 Å². The molecule has 2 rings (SSSR count). The fourth-order valence-electron chi connectivity index (χ4n) is 2.48. The third-order valence-electron chi connectivity index (χ3n) is 3.65. The maximum Gasteiger partial charge on any atom is 0.121 e. The van der Waals surface area contributed by atoms with Crippen molar-refractivity contribution in [2.75, 3.05) is 24.7 Å². The lowest BCUT2D eigenvalue weighted by atomic mass is 9.85. The van der Waals surface area contributed by atoms with Crippen molar-refractivity contribution in [1.29, 1.82) is 0 Å². The zero-order valence-corrected chi connectivity index (χ0v) is 10.9. The third-order valence-corrected chi connectivity index (χ3v) is 3.65. The normalized spacial score (nSPS) is 18.3. The Morgan fingerprint density at radius 2 is 2.06 bits per heavy atom. The van der Waals surface area contributed by atoms with Gasteiger partial charge in [-0.25, -0.2) is 0 Å². The number of rotatable bonds is 4. The molecule has 0 saturated heterocycles. The van der Waals surface area contributed by atoms with Gasteiger partial charge in [0.15, 0.2) is 0 Å². The second-order valence-electron chi connectivity index (χ2n) is 5.09. The molecule has 0 bridgehead atoms. The number of methoxy groups -OCH3 is 1. The summed E-state index contributed by atoms with van der Waals surface area (Å²) in [6.07, 6.45) is 5.19. The van der Waals surface area contributed by atoms with Crippen molar-refractivity contribution in [3.05, 3.63) is 18.2 Å². The molecule has 0 aliphatic heterocycles. The number of hydrogen-bond acceptors (Lipinski definition) is 4. The van der Waals surface area contributed by atoms with Gasteiger partial charge in [0, 0.05) is 12.6 Å². The van der Waals surface area contributed by atoms with Gasteiger partial charge in [0.2, 0.25) is 0 Å². The third kappa shape index (κ3) is 3.07. The maximum atomic E-state index is 10.4. The van der Waals surface area contributed by atoms with E-state index in [-0.39, 0.29) is 0 Å². The molecule has 1 saturated carbocycles. The van der Waals surface area contributed by atoms with Crippen LogP contribution in [0, 0.1) is 0 Å². The highest BCUT2D eigenvalue weighted by atomic mass is 16.5. The quantitative estimate of drug-likeness (QED) is 0.718. The summed E-state index contributed by atoms with van der Waals surface area (Å²) in [5.41, 5.74) is 6.86. The summed E-state index contributed by atoms with van der Waals surface area (Å²) < 4.78 is 5.11. The first-order chi connectivity index (χ1) is 8.63. The highest BCUT2D eigenvalue weighted by Crippen LogP contribution is 2.30. The molecule has 1 aliphatic rings. The topological polar surface area (TPSA) is 67.5 Å². The number of nitrogens with one attached hydrogen (secondary N) is 1. The number of hydrogen-bond donors (Lipinski definition) is 3. The van der Waals surface area contributed by atoms with Gasteiger partial charge in [-0.3, -0.25) is 0 Å². The molecule has 18 heavy (non-hydrogen) atoms. The summed E-state index contributed by atoms with van der Waals surface area (Å²) in [7, 11) is 1.62. The van der Waals surface area contributed by atoms with E-state index in [0.29, 0.717) is 12.2 Å². The van der Waals surface area contributed by atoms with Gasteiger partial charge in [-0.05, 0) is 25.0 Å². The molecular weight excluding hydrogens is 228 g/mol. The smallest absolute Gasteiger partial charge is 0.121 e. The highest BCUT2D eigenvalue weighted by Gasteiger charge is 2.28. The average molecular weight is 250 g/mol. The van der Waals surface area contributed by atoms with Crippen molar-refractivity contribution in [2.45, 2.75) is 37.7 Å². The van der Waals surface area contributed by atoms with E-state index in [1.807, 2.05) is 12.1 Å². The lowest BCUT2D eigenvalue weighted by Gasteiger charge is -2.32. The van der Waals surface area contributed by atoms with Gasteiger partial charge in [-0.1, -0.05) is 19.3 Å². The van der Waals surface area contributed by atoms with Gasteiger partial charge in [-0.2, -0.15) is 0 Å². The van der Waals surface area contributed by atoms with Crippen LogP contribution in [-0.4, -0.2) is 24.4 Å². The summed E-state index contributed by atoms with van der Waals surface area (Å²) >= 11 is 0. The SMILES string of the molecule is COc1ccc(NCC2(O)CCCCC2)c(N)c1. The number of benzene rings is 1. The standard InChI is InChI=1S/C14H22N2O2/c1-18-11-5-6-13(12(15)9-11)16-10-14(17)7-3-2-4-8-14/h5-6,9,16-17H,2-4,7-8,10,15H2,1H3. The first kappa shape index (κ1) is 13.0. The molecule has 100 valence electrons. The van der Waals surface area contributed by atoms with Crippen LogP contribution in [0.25, 0.3) is 0 Å². The van der Waals surface area contributed by atoms with E-state index in [1.54, 1.807) is 13.2 Å². The van der Waals surface area contributed by atoms with Crippen molar-refractivity contribution in [3.8, 4) is 5.75 Å². The lowest BCUT2D eigenvalue weighted by molar-refractivity contribution is 0.0167. The van der Waals surface area contributed by atoms with Crippen LogP contribution in [0.4, 0.5) is 11.4 Å². The van der Waals surface area contributed by atoms with E-state index in [4.69, 9.17) is 10.5 Å². The summed E-state index contributed by atoms with van der Waals surface area (Å²) in [5, 5.41) is 13.6. The highest BCUT2D eigenvalue weighted by molar-refractivity contribution is 5.68. The maximum absolute atomic E-state index is 10.4. The molecule has 4 N–H and O–H groups in total. The molecule has 0 amide bonds. The number of anilines is 2. The van der Waals surface area contributed by atoms with E-state index in [2.05, 4.69) is 5.32 Å². The van der Waals surface area contributed by atoms with Crippen molar-refractivity contribution in [3.63, 3.8) is 0 Å². The predicted molar refractivity (Wildman–Crippen MR) is 73.9 cm³/mol. The van der Waals surface area contributed by atoms with Crippen LogP contribution in [0.1, 0.15) is 32.1 Å². The lowest BCUT2D eigenvalue weighted by Crippen LogP contribution is -2.38. The van der Waals surface area contributed by atoms with Gasteiger partial charge >= 0.3 is 0 Å². The largest absolute Gasteiger partial charge is 0.497 e. The Morgan fingerprint density at radius 1 is 1.33 bits per heavy atom. The Kier molecular flexibility index (Phi) is 3.97. The van der Waals surface area contributed by atoms with Crippen LogP contribution in [-0.2, 0) is 0 Å². The molecule has 1 fully saturated rings. The van der Waals surface area contributed by atoms with Gasteiger partial charge < -0.3 is 20.9 Å². The van der Waals surface area contributed by atoms with Crippen molar-refractivity contribution < 1.29 is 9.84 Å². The van der Waals surface area contributed by atoms with Crippen LogP contribution in [0.2, 0.25) is 0 Å². The molecule has 1 aliphatic carbocycles. The molecule has 0 unspecified atom stereocenters. The number of ether oxygens (including phenoxy) is 1. The monoisotopic (exact) mass is 250 g/mol.